The van der Waals surface area contributed by atoms with Crippen LogP contribution in [0.3, 0.4) is 0 Å². The number of halogens is 1. The molecule has 3 amide bonds. The summed E-state index contributed by atoms with van der Waals surface area (Å²) in [6.07, 6.45) is -0.734. The Hall–Kier alpha value is -4.14. The topological polar surface area (TPSA) is 148 Å². The molecule has 45 heavy (non-hydrogen) atoms. The number of non-ortho nitro benzene ring substituents is 1. The molecule has 3 heterocycles. The number of thioether (sulfide) groups is 1. The van der Waals surface area contributed by atoms with Gasteiger partial charge in [-0.3, -0.25) is 29.5 Å². The van der Waals surface area contributed by atoms with Crippen molar-refractivity contribution in [2.45, 2.75) is 51.3 Å². The summed E-state index contributed by atoms with van der Waals surface area (Å²) in [4.78, 5) is 65.9. The molecule has 236 valence electrons. The van der Waals surface area contributed by atoms with Crippen molar-refractivity contribution in [1.82, 2.24) is 10.2 Å². The minimum atomic E-state index is -0.928. The summed E-state index contributed by atoms with van der Waals surface area (Å²) >= 11 is 9.00. The van der Waals surface area contributed by atoms with E-state index in [2.05, 4.69) is 5.32 Å². The number of fused-ring (bicyclic) bond motifs is 2. The SMILES string of the molecule is CC1=C(C(=O)OCc2ccc([N+](=O)[O-])cc2)N2C(=O)C(NC(=O)CN(C(=O)OC(C)(C)C)c3csc4ccc(Cl)cc34)[C@@H]2SC1. The molecule has 0 bridgehead atoms. The number of hydrogen-bond acceptors (Lipinski definition) is 10. The van der Waals surface area contributed by atoms with Crippen LogP contribution >= 0.6 is 34.7 Å². The van der Waals surface area contributed by atoms with Crippen LogP contribution in [0.15, 0.2) is 59.1 Å². The molecule has 0 radical (unpaired) electrons. The molecule has 1 aromatic heterocycles. The van der Waals surface area contributed by atoms with Gasteiger partial charge in [0, 0.05) is 38.4 Å². The van der Waals surface area contributed by atoms with E-state index < -0.39 is 52.4 Å². The molecule has 1 unspecified atom stereocenters. The van der Waals surface area contributed by atoms with Gasteiger partial charge in [0.25, 0.3) is 11.6 Å². The Bertz CT molecular complexity index is 1730. The average molecular weight is 673 g/mol. The summed E-state index contributed by atoms with van der Waals surface area (Å²) in [6, 6.07) is 9.94. The van der Waals surface area contributed by atoms with Crippen LogP contribution in [0, 0.1) is 10.1 Å². The maximum absolute atomic E-state index is 13.3. The lowest BCUT2D eigenvalue weighted by atomic mass is 10.0. The predicted molar refractivity (Wildman–Crippen MR) is 171 cm³/mol. The Morgan fingerprint density at radius 1 is 1.18 bits per heavy atom. The number of amides is 3. The van der Waals surface area contributed by atoms with Gasteiger partial charge in [-0.15, -0.1) is 23.1 Å². The minimum Gasteiger partial charge on any atom is -0.456 e. The second-order valence-electron chi connectivity index (χ2n) is 11.4. The Balaban J connectivity index is 1.27. The summed E-state index contributed by atoms with van der Waals surface area (Å²) < 4.78 is 11.9. The number of anilines is 1. The summed E-state index contributed by atoms with van der Waals surface area (Å²) in [5.74, 6) is -1.37. The van der Waals surface area contributed by atoms with E-state index in [4.69, 9.17) is 21.1 Å². The molecule has 0 spiro atoms. The highest BCUT2D eigenvalue weighted by Crippen LogP contribution is 2.41. The number of benzene rings is 2. The number of esters is 1. The predicted octanol–water partition coefficient (Wildman–Crippen LogP) is 5.62. The normalized spacial score (nSPS) is 17.8. The second-order valence-corrected chi connectivity index (χ2v) is 13.9. The van der Waals surface area contributed by atoms with Gasteiger partial charge in [0.2, 0.25) is 5.91 Å². The van der Waals surface area contributed by atoms with Crippen LogP contribution in [-0.2, 0) is 30.5 Å². The lowest BCUT2D eigenvalue weighted by Gasteiger charge is -2.49. The van der Waals surface area contributed by atoms with Crippen LogP contribution in [0.5, 0.6) is 0 Å². The van der Waals surface area contributed by atoms with Crippen molar-refractivity contribution >= 4 is 80.0 Å². The standard InChI is InChI=1S/C30H29ClN4O8S2/c1-16-14-45-27-24(26(37)34(27)25(16)28(38)42-13-17-5-8-19(9-6-17)35(40)41)32-23(36)12-33(29(39)43-30(2,3)4)21-15-44-22-10-7-18(31)11-20(21)22/h5-11,15,24,27H,12-14H2,1-4H3,(H,32,36)/t24?,27-/m0/s1. The van der Waals surface area contributed by atoms with Crippen molar-refractivity contribution in [2.24, 2.45) is 0 Å². The van der Waals surface area contributed by atoms with E-state index in [-0.39, 0.29) is 18.0 Å². The number of β-lactam (4-membered cyclic amide) rings is 1. The molecular weight excluding hydrogens is 644 g/mol. The summed E-state index contributed by atoms with van der Waals surface area (Å²) in [7, 11) is 0. The molecule has 0 saturated carbocycles. The highest BCUT2D eigenvalue weighted by atomic mass is 35.5. The highest BCUT2D eigenvalue weighted by Gasteiger charge is 2.54. The molecule has 12 nitrogen and oxygen atoms in total. The Morgan fingerprint density at radius 3 is 2.56 bits per heavy atom. The fourth-order valence-corrected chi connectivity index (χ4v) is 7.21. The number of ether oxygens (including phenoxy) is 2. The zero-order chi connectivity index (χ0) is 32.6. The molecule has 2 atom stereocenters. The Labute approximate surface area is 271 Å². The summed E-state index contributed by atoms with van der Waals surface area (Å²) in [6.45, 7) is 6.32. The first kappa shape index (κ1) is 32.3. The van der Waals surface area contributed by atoms with E-state index in [0.29, 0.717) is 33.0 Å². The van der Waals surface area contributed by atoms with E-state index in [1.807, 2.05) is 6.07 Å². The average Bonchev–Trinajstić information content (AvgIpc) is 3.39. The summed E-state index contributed by atoms with van der Waals surface area (Å²) in [5, 5.41) is 15.9. The van der Waals surface area contributed by atoms with Crippen LogP contribution in [-0.4, -0.2) is 63.0 Å². The number of carbonyl (C=O) groups is 4. The molecule has 2 aromatic carbocycles. The molecule has 15 heteroatoms. The lowest BCUT2D eigenvalue weighted by molar-refractivity contribution is -0.384. The van der Waals surface area contributed by atoms with E-state index in [9.17, 15) is 29.3 Å². The third kappa shape index (κ3) is 6.92. The third-order valence-electron chi connectivity index (χ3n) is 6.91. The maximum atomic E-state index is 13.3. The largest absolute Gasteiger partial charge is 0.456 e. The number of nitrogens with one attached hydrogen (secondary N) is 1. The van der Waals surface area contributed by atoms with Crippen LogP contribution < -0.4 is 10.2 Å². The second kappa shape index (κ2) is 12.7. The van der Waals surface area contributed by atoms with Crippen molar-refractivity contribution in [3.8, 4) is 0 Å². The quantitative estimate of drug-likeness (QED) is 0.139. The maximum Gasteiger partial charge on any atom is 0.415 e. The van der Waals surface area contributed by atoms with Crippen molar-refractivity contribution in [3.05, 3.63) is 79.8 Å². The molecule has 2 aliphatic heterocycles. The summed E-state index contributed by atoms with van der Waals surface area (Å²) in [5.41, 5.74) is 0.829. The van der Waals surface area contributed by atoms with Gasteiger partial charge in [-0.1, -0.05) is 11.6 Å². The van der Waals surface area contributed by atoms with E-state index in [0.717, 1.165) is 4.70 Å². The lowest BCUT2D eigenvalue weighted by Crippen LogP contribution is -2.71. The van der Waals surface area contributed by atoms with Gasteiger partial charge >= 0.3 is 12.1 Å². The molecule has 1 fully saturated rings. The van der Waals surface area contributed by atoms with Gasteiger partial charge in [-0.05, 0) is 69.2 Å². The first-order chi connectivity index (χ1) is 21.2. The monoisotopic (exact) mass is 672 g/mol. The van der Waals surface area contributed by atoms with Gasteiger partial charge in [0.1, 0.15) is 35.9 Å². The molecule has 5 rings (SSSR count). The number of nitro benzene ring substituents is 1. The molecule has 0 aliphatic carbocycles. The van der Waals surface area contributed by atoms with Gasteiger partial charge in [-0.25, -0.2) is 9.59 Å². The van der Waals surface area contributed by atoms with E-state index >= 15 is 0 Å². The molecule has 1 saturated heterocycles. The number of hydrogen-bond donors (Lipinski definition) is 1. The first-order valence-electron chi connectivity index (χ1n) is 13.7. The fraction of sp³-hybridized carbons (Fsp3) is 0.333. The van der Waals surface area contributed by atoms with Crippen LogP contribution in [0.1, 0.15) is 33.3 Å². The molecule has 1 N–H and O–H groups in total. The van der Waals surface area contributed by atoms with Gasteiger partial charge in [0.05, 0.1) is 10.6 Å². The van der Waals surface area contributed by atoms with Crippen molar-refractivity contribution < 1.29 is 33.6 Å². The zero-order valence-corrected chi connectivity index (χ0v) is 27.1. The number of carbonyl (C=O) groups excluding carboxylic acids is 4. The van der Waals surface area contributed by atoms with Crippen molar-refractivity contribution in [1.29, 1.82) is 0 Å². The molecule has 2 aliphatic rings. The first-order valence-corrected chi connectivity index (χ1v) is 16.1. The smallest absolute Gasteiger partial charge is 0.415 e. The molecular formula is C30H29ClN4O8S2. The van der Waals surface area contributed by atoms with Gasteiger partial charge in [-0.2, -0.15) is 0 Å². The fourth-order valence-electron chi connectivity index (χ4n) is 4.82. The van der Waals surface area contributed by atoms with Crippen molar-refractivity contribution in [2.75, 3.05) is 17.2 Å². The number of nitrogens with zero attached hydrogens (tertiary/aromatic N) is 3. The number of nitro groups is 1. The van der Waals surface area contributed by atoms with Gasteiger partial charge < -0.3 is 14.8 Å². The highest BCUT2D eigenvalue weighted by molar-refractivity contribution is 8.00. The number of rotatable bonds is 8. The van der Waals surface area contributed by atoms with E-state index in [1.165, 1.54) is 57.2 Å². The zero-order valence-electron chi connectivity index (χ0n) is 24.7. The third-order valence-corrected chi connectivity index (χ3v) is 9.52. The van der Waals surface area contributed by atoms with Gasteiger partial charge in [0.15, 0.2) is 0 Å². The van der Waals surface area contributed by atoms with Crippen LogP contribution in [0.4, 0.5) is 16.2 Å². The Morgan fingerprint density at radius 2 is 1.89 bits per heavy atom. The van der Waals surface area contributed by atoms with Crippen LogP contribution in [0.2, 0.25) is 5.02 Å². The molecule has 3 aromatic rings. The number of thiophene rings is 1. The Kier molecular flexibility index (Phi) is 9.10. The van der Waals surface area contributed by atoms with Crippen molar-refractivity contribution in [3.63, 3.8) is 0 Å². The van der Waals surface area contributed by atoms with E-state index in [1.54, 1.807) is 45.2 Å². The minimum absolute atomic E-state index is 0.0858. The van der Waals surface area contributed by atoms with Crippen LogP contribution in [0.25, 0.3) is 10.1 Å².